The summed E-state index contributed by atoms with van der Waals surface area (Å²) in [6.07, 6.45) is 4.74. The fourth-order valence-corrected chi connectivity index (χ4v) is 14.9. The van der Waals surface area contributed by atoms with E-state index in [0.717, 1.165) is 0 Å². The molecule has 0 amide bonds. The number of hydrogen-bond acceptors (Lipinski definition) is 3. The molecule has 0 atom stereocenters. The van der Waals surface area contributed by atoms with Gasteiger partial charge in [-0.25, -0.2) is 0 Å². The van der Waals surface area contributed by atoms with E-state index >= 15 is 0 Å². The normalized spacial score (nSPS) is 17.9. The van der Waals surface area contributed by atoms with Crippen LogP contribution in [0.2, 0.25) is 0 Å². The van der Waals surface area contributed by atoms with Crippen LogP contribution >= 0.6 is 11.3 Å². The van der Waals surface area contributed by atoms with Crippen molar-refractivity contribution in [1.82, 2.24) is 0 Å². The molecule has 0 unspecified atom stereocenters. The fourth-order valence-electron chi connectivity index (χ4n) is 13.6. The molecule has 3 heterocycles. The van der Waals surface area contributed by atoms with Crippen molar-refractivity contribution in [2.45, 2.75) is 169 Å². The Labute approximate surface area is 448 Å². The van der Waals surface area contributed by atoms with Crippen LogP contribution in [0.25, 0.3) is 32.3 Å². The van der Waals surface area contributed by atoms with Crippen molar-refractivity contribution < 1.29 is 0 Å². The van der Waals surface area contributed by atoms with E-state index in [1.165, 1.54) is 152 Å². The largest absolute Gasteiger partial charge is 0.311 e. The van der Waals surface area contributed by atoms with Gasteiger partial charge in [0.2, 0.25) is 0 Å². The predicted molar refractivity (Wildman–Crippen MR) is 324 cm³/mol. The number of rotatable bonds is 4. The van der Waals surface area contributed by atoms with Gasteiger partial charge in [0.25, 0.3) is 6.71 Å². The van der Waals surface area contributed by atoms with Gasteiger partial charge < -0.3 is 9.80 Å². The highest BCUT2D eigenvalue weighted by atomic mass is 32.1. The van der Waals surface area contributed by atoms with Gasteiger partial charge in [-0.15, -0.1) is 11.3 Å². The van der Waals surface area contributed by atoms with Gasteiger partial charge in [0.05, 0.1) is 11.4 Å². The van der Waals surface area contributed by atoms with E-state index in [9.17, 15) is 0 Å². The third kappa shape index (κ3) is 7.61. The Bertz CT molecular complexity index is 3620. The van der Waals surface area contributed by atoms with E-state index in [1.807, 2.05) is 0 Å². The number of hydrogen-bond donors (Lipinski definition) is 0. The Morgan fingerprint density at radius 2 is 1.08 bits per heavy atom. The molecule has 0 N–H and O–H groups in total. The van der Waals surface area contributed by atoms with E-state index in [0.29, 0.717) is 0 Å². The van der Waals surface area contributed by atoms with Crippen LogP contribution < -0.4 is 25.5 Å². The van der Waals surface area contributed by atoms with Crippen molar-refractivity contribution in [3.8, 4) is 22.3 Å². The summed E-state index contributed by atoms with van der Waals surface area (Å²) in [4.78, 5) is 5.46. The number of anilines is 6. The SMILES string of the molecule is Cc1ccc(-c2ccc3c(c2)N(c2ccc(C(C)(C)C)cc2-c2ccccc2)c2cc(C(C)(C)C)cc4c2B3c2sc3cc5c(cc3c2N4c2ccc3c(c2)C(C)(C)CCC3(C)C)C(C)(C)CCC5(C)C)c(C)c1. The van der Waals surface area contributed by atoms with Crippen LogP contribution in [0, 0.1) is 13.8 Å². The zero-order chi connectivity index (χ0) is 52.4. The van der Waals surface area contributed by atoms with Crippen LogP contribution in [0.4, 0.5) is 34.1 Å². The van der Waals surface area contributed by atoms with Gasteiger partial charge >= 0.3 is 0 Å². The third-order valence-corrected chi connectivity index (χ3v) is 19.7. The first-order valence-corrected chi connectivity index (χ1v) is 28.5. The van der Waals surface area contributed by atoms with Crippen LogP contribution in [0.5, 0.6) is 0 Å². The molecule has 2 aliphatic carbocycles. The second kappa shape index (κ2) is 16.3. The minimum atomic E-state index is -0.147. The third-order valence-electron chi connectivity index (χ3n) is 18.5. The topological polar surface area (TPSA) is 6.48 Å². The van der Waals surface area contributed by atoms with Crippen LogP contribution in [-0.2, 0) is 32.5 Å². The molecule has 7 aromatic carbocycles. The molecule has 74 heavy (non-hydrogen) atoms. The van der Waals surface area contributed by atoms with Gasteiger partial charge in [-0.2, -0.15) is 0 Å². The molecule has 0 fully saturated rings. The zero-order valence-corrected chi connectivity index (χ0v) is 48.1. The maximum Gasteiger partial charge on any atom is 0.264 e. The Hall–Kier alpha value is -5.84. The van der Waals surface area contributed by atoms with Gasteiger partial charge in [-0.1, -0.05) is 175 Å². The molecule has 0 saturated carbocycles. The van der Waals surface area contributed by atoms with E-state index in [-0.39, 0.29) is 39.2 Å². The van der Waals surface area contributed by atoms with Gasteiger partial charge in [-0.05, 0) is 193 Å². The van der Waals surface area contributed by atoms with Crippen LogP contribution in [-0.4, -0.2) is 6.71 Å². The number of benzene rings is 7. The first-order valence-electron chi connectivity index (χ1n) is 27.7. The minimum absolute atomic E-state index is 0.0113. The summed E-state index contributed by atoms with van der Waals surface area (Å²) in [5.41, 5.74) is 26.9. The molecule has 12 rings (SSSR count). The molecule has 376 valence electrons. The summed E-state index contributed by atoms with van der Waals surface area (Å²) in [6.45, 7) is 38.6. The van der Waals surface area contributed by atoms with E-state index < -0.39 is 0 Å². The molecule has 0 spiro atoms. The van der Waals surface area contributed by atoms with E-state index in [4.69, 9.17) is 0 Å². The highest BCUT2D eigenvalue weighted by molar-refractivity contribution is 7.33. The van der Waals surface area contributed by atoms with E-state index in [2.05, 4.69) is 259 Å². The highest BCUT2D eigenvalue weighted by Gasteiger charge is 2.48. The molecule has 2 aliphatic heterocycles. The lowest BCUT2D eigenvalue weighted by Crippen LogP contribution is -2.60. The monoisotopic (exact) mass is 989 g/mol. The zero-order valence-electron chi connectivity index (χ0n) is 47.3. The molecule has 0 saturated heterocycles. The van der Waals surface area contributed by atoms with Crippen LogP contribution in [0.3, 0.4) is 0 Å². The molecule has 8 aromatic rings. The average Bonchev–Trinajstić information content (AvgIpc) is 3.72. The van der Waals surface area contributed by atoms with Crippen molar-refractivity contribution in [2.75, 3.05) is 9.80 Å². The molecule has 4 heteroatoms. The summed E-state index contributed by atoms with van der Waals surface area (Å²) in [5.74, 6) is 0. The molecule has 1 aromatic heterocycles. The molecular formula is C70H77BN2S. The Morgan fingerprint density at radius 3 is 1.72 bits per heavy atom. The van der Waals surface area contributed by atoms with Gasteiger partial charge in [-0.3, -0.25) is 0 Å². The van der Waals surface area contributed by atoms with Gasteiger partial charge in [0, 0.05) is 43.2 Å². The second-order valence-electron chi connectivity index (χ2n) is 27.7. The van der Waals surface area contributed by atoms with Crippen molar-refractivity contribution in [3.63, 3.8) is 0 Å². The number of thiophene rings is 1. The predicted octanol–water partition coefficient (Wildman–Crippen LogP) is 18.2. The first kappa shape index (κ1) is 49.1. The smallest absolute Gasteiger partial charge is 0.264 e. The second-order valence-corrected chi connectivity index (χ2v) is 28.8. The lowest BCUT2D eigenvalue weighted by atomic mass is 9.36. The lowest BCUT2D eigenvalue weighted by Gasteiger charge is -2.46. The van der Waals surface area contributed by atoms with Crippen molar-refractivity contribution in [2.24, 2.45) is 0 Å². The molecule has 4 aliphatic rings. The average molecular weight is 989 g/mol. The quantitative estimate of drug-likeness (QED) is 0.162. The first-order chi connectivity index (χ1) is 34.7. The standard InChI is InChI=1S/C70H77BN2S/c1-42-22-26-49(43(2)34-42)45-23-28-56-58(35-45)73(57-29-24-46(65(3,4)5)36-50(57)44-20-18-17-19-21-44)60-38-47(66(6,7)8)37-59-62(60)71(56)64-63(51-40-54-55(41-61(51)74-64)70(15,16)33-32-69(54,13)14)72(59)48-25-27-52-53(39-48)68(11,12)31-30-67(52,9)10/h17-29,34-41H,30-33H2,1-16H3. The number of fused-ring (bicyclic) bond motifs is 8. The molecule has 2 nitrogen and oxygen atoms in total. The van der Waals surface area contributed by atoms with Gasteiger partial charge in [0.15, 0.2) is 0 Å². The molecular weight excluding hydrogens is 912 g/mol. The Morgan fingerprint density at radius 1 is 0.473 bits per heavy atom. The highest BCUT2D eigenvalue weighted by Crippen LogP contribution is 2.55. The number of aryl methyl sites for hydroxylation is 2. The summed E-state index contributed by atoms with van der Waals surface area (Å²) in [6, 6.07) is 51.1. The lowest BCUT2D eigenvalue weighted by molar-refractivity contribution is 0.332. The summed E-state index contributed by atoms with van der Waals surface area (Å²) < 4.78 is 2.84. The summed E-state index contributed by atoms with van der Waals surface area (Å²) in [7, 11) is 0. The maximum atomic E-state index is 2.76. The van der Waals surface area contributed by atoms with Gasteiger partial charge in [0.1, 0.15) is 0 Å². The molecule has 0 radical (unpaired) electrons. The maximum absolute atomic E-state index is 2.76. The minimum Gasteiger partial charge on any atom is -0.311 e. The Kier molecular flexibility index (Phi) is 10.8. The van der Waals surface area contributed by atoms with E-state index in [1.54, 1.807) is 0 Å². The summed E-state index contributed by atoms with van der Waals surface area (Å²) in [5, 5.41) is 1.39. The van der Waals surface area contributed by atoms with Crippen LogP contribution in [0.15, 0.2) is 127 Å². The molecule has 0 bridgehead atoms. The van der Waals surface area contributed by atoms with Crippen LogP contribution in [0.1, 0.15) is 167 Å². The fraction of sp³-hybridized carbons (Fsp3) is 0.371. The summed E-state index contributed by atoms with van der Waals surface area (Å²) >= 11 is 2.06. The van der Waals surface area contributed by atoms with Crippen molar-refractivity contribution >= 4 is 78.0 Å². The van der Waals surface area contributed by atoms with Crippen molar-refractivity contribution in [3.05, 3.63) is 172 Å². The number of nitrogens with zero attached hydrogens (tertiary/aromatic N) is 2. The van der Waals surface area contributed by atoms with Crippen molar-refractivity contribution in [1.29, 1.82) is 0 Å². The Balaban J connectivity index is 1.24.